The van der Waals surface area contributed by atoms with Gasteiger partial charge in [0.2, 0.25) is 0 Å². The molecular formula is C17H18O9. The lowest BCUT2D eigenvalue weighted by molar-refractivity contribution is 0.0549. The van der Waals surface area contributed by atoms with Crippen molar-refractivity contribution in [1.29, 1.82) is 0 Å². The van der Waals surface area contributed by atoms with E-state index < -0.39 is 34.6 Å². The number of methoxy groups -OCH3 is 5. The fourth-order valence-electron chi connectivity index (χ4n) is 2.68. The highest BCUT2D eigenvalue weighted by molar-refractivity contribution is 6.17. The molecule has 9 nitrogen and oxygen atoms in total. The Kier molecular flexibility index (Phi) is 5.30. The molecule has 140 valence electrons. The maximum atomic E-state index is 12.2. The van der Waals surface area contributed by atoms with E-state index >= 15 is 0 Å². The third-order valence-electron chi connectivity index (χ3n) is 3.83. The molecule has 0 saturated carbocycles. The number of hydrogen-bond donors (Lipinski definition) is 2. The molecule has 0 aliphatic carbocycles. The lowest BCUT2D eigenvalue weighted by atomic mass is 9.96. The zero-order chi connectivity index (χ0) is 19.6. The number of phenolic OH excluding ortho intramolecular Hbond substituents is 2. The second-order valence-electron chi connectivity index (χ2n) is 4.99. The number of benzene rings is 2. The summed E-state index contributed by atoms with van der Waals surface area (Å²) in [5.74, 6) is -3.11. The maximum absolute atomic E-state index is 12.2. The summed E-state index contributed by atoms with van der Waals surface area (Å²) < 4.78 is 24.9. The summed E-state index contributed by atoms with van der Waals surface area (Å²) in [5.41, 5.74) is -1.13. The Morgan fingerprint density at radius 3 is 1.58 bits per heavy atom. The Labute approximate surface area is 148 Å². The van der Waals surface area contributed by atoms with E-state index in [1.807, 2.05) is 0 Å². The van der Waals surface area contributed by atoms with Gasteiger partial charge in [-0.2, -0.15) is 0 Å². The average molecular weight is 366 g/mol. The van der Waals surface area contributed by atoms with Gasteiger partial charge in [0.15, 0.2) is 11.5 Å². The Morgan fingerprint density at radius 1 is 0.731 bits per heavy atom. The van der Waals surface area contributed by atoms with E-state index in [0.29, 0.717) is 0 Å². The van der Waals surface area contributed by atoms with Crippen molar-refractivity contribution in [3.63, 3.8) is 0 Å². The van der Waals surface area contributed by atoms with Crippen molar-refractivity contribution in [1.82, 2.24) is 0 Å². The minimum Gasteiger partial charge on any atom is -0.506 e. The van der Waals surface area contributed by atoms with Crippen molar-refractivity contribution in [2.24, 2.45) is 0 Å². The summed E-state index contributed by atoms with van der Waals surface area (Å²) in [6, 6.07) is 1.40. The standard InChI is InChI=1S/C17H18O9/c1-22-7-6-8(23-2)15(24-3)10-9(7)13(18)11(16(20)25-4)12(14(10)19)17(21)26-5/h6,18-19H,1-5H3. The molecule has 0 heterocycles. The Bertz CT molecular complexity index is 886. The summed E-state index contributed by atoms with van der Waals surface area (Å²) in [6.07, 6.45) is 0. The van der Waals surface area contributed by atoms with Gasteiger partial charge in [-0.05, 0) is 0 Å². The van der Waals surface area contributed by atoms with Crippen LogP contribution >= 0.6 is 0 Å². The quantitative estimate of drug-likeness (QED) is 0.603. The van der Waals surface area contributed by atoms with Gasteiger partial charge in [-0.1, -0.05) is 0 Å². The molecule has 9 heteroatoms. The highest BCUT2D eigenvalue weighted by atomic mass is 16.5. The van der Waals surface area contributed by atoms with Crippen molar-refractivity contribution in [2.75, 3.05) is 35.5 Å². The number of rotatable bonds is 5. The van der Waals surface area contributed by atoms with Gasteiger partial charge in [0.1, 0.15) is 28.4 Å². The van der Waals surface area contributed by atoms with E-state index in [1.165, 1.54) is 27.4 Å². The van der Waals surface area contributed by atoms with Gasteiger partial charge in [0.05, 0.1) is 46.3 Å². The molecule has 0 amide bonds. The largest absolute Gasteiger partial charge is 0.506 e. The molecule has 0 bridgehead atoms. The maximum Gasteiger partial charge on any atom is 0.342 e. The third kappa shape index (κ3) is 2.67. The van der Waals surface area contributed by atoms with E-state index in [0.717, 1.165) is 14.2 Å². The van der Waals surface area contributed by atoms with Crippen LogP contribution in [0.5, 0.6) is 28.7 Å². The first-order chi connectivity index (χ1) is 12.4. The topological polar surface area (TPSA) is 121 Å². The summed E-state index contributed by atoms with van der Waals surface area (Å²) in [5, 5.41) is 21.3. The molecule has 0 aliphatic heterocycles. The number of hydrogen-bond acceptors (Lipinski definition) is 9. The van der Waals surface area contributed by atoms with Gasteiger partial charge in [-0.25, -0.2) is 9.59 Å². The molecule has 2 aromatic rings. The summed E-state index contributed by atoms with van der Waals surface area (Å²) >= 11 is 0. The summed E-state index contributed by atoms with van der Waals surface area (Å²) in [4.78, 5) is 24.3. The van der Waals surface area contributed by atoms with Crippen molar-refractivity contribution < 1.29 is 43.5 Å². The molecule has 0 aliphatic rings. The predicted octanol–water partition coefficient (Wildman–Crippen LogP) is 1.85. The monoisotopic (exact) mass is 366 g/mol. The average Bonchev–Trinajstić information content (AvgIpc) is 2.67. The SMILES string of the molecule is COC(=O)c1c(C(=O)OC)c(O)c2c(OC)c(OC)cc(OC)c2c1O. The van der Waals surface area contributed by atoms with Gasteiger partial charge < -0.3 is 33.9 Å². The van der Waals surface area contributed by atoms with Crippen LogP contribution in [0, 0.1) is 0 Å². The molecule has 0 atom stereocenters. The zero-order valence-electron chi connectivity index (χ0n) is 14.8. The fourth-order valence-corrected chi connectivity index (χ4v) is 2.68. The number of aromatic hydroxyl groups is 2. The smallest absolute Gasteiger partial charge is 0.342 e. The molecule has 0 saturated heterocycles. The minimum absolute atomic E-state index is 0.0256. The highest BCUT2D eigenvalue weighted by Crippen LogP contribution is 2.51. The molecule has 2 rings (SSSR count). The van der Waals surface area contributed by atoms with E-state index in [-0.39, 0.29) is 28.0 Å². The van der Waals surface area contributed by atoms with Crippen LogP contribution in [0.1, 0.15) is 20.7 Å². The van der Waals surface area contributed by atoms with Gasteiger partial charge in [-0.15, -0.1) is 0 Å². The predicted molar refractivity (Wildman–Crippen MR) is 89.6 cm³/mol. The van der Waals surface area contributed by atoms with Gasteiger partial charge in [0, 0.05) is 6.07 Å². The van der Waals surface area contributed by atoms with Crippen LogP contribution in [0.2, 0.25) is 0 Å². The first-order valence-corrected chi connectivity index (χ1v) is 7.24. The number of carbonyl (C=O) groups is 2. The highest BCUT2D eigenvalue weighted by Gasteiger charge is 2.33. The van der Waals surface area contributed by atoms with Gasteiger partial charge in [-0.3, -0.25) is 0 Å². The third-order valence-corrected chi connectivity index (χ3v) is 3.83. The Morgan fingerprint density at radius 2 is 1.19 bits per heavy atom. The Balaban J connectivity index is 3.19. The number of phenols is 2. The number of esters is 2. The molecule has 2 aromatic carbocycles. The van der Waals surface area contributed by atoms with Crippen molar-refractivity contribution in [2.45, 2.75) is 0 Å². The number of carbonyl (C=O) groups excluding carboxylic acids is 2. The first-order valence-electron chi connectivity index (χ1n) is 7.24. The molecule has 0 aromatic heterocycles. The van der Waals surface area contributed by atoms with E-state index in [9.17, 15) is 19.8 Å². The molecular weight excluding hydrogens is 348 g/mol. The lowest BCUT2D eigenvalue weighted by Gasteiger charge is -2.19. The van der Waals surface area contributed by atoms with Gasteiger partial charge in [0.25, 0.3) is 0 Å². The normalized spacial score (nSPS) is 10.3. The Hall–Kier alpha value is -3.36. The van der Waals surface area contributed by atoms with Crippen LogP contribution in [0.4, 0.5) is 0 Å². The van der Waals surface area contributed by atoms with Crippen molar-refractivity contribution in [3.05, 3.63) is 17.2 Å². The van der Waals surface area contributed by atoms with Crippen LogP contribution in [-0.4, -0.2) is 57.7 Å². The number of fused-ring (bicyclic) bond motifs is 1. The van der Waals surface area contributed by atoms with Crippen molar-refractivity contribution in [3.8, 4) is 28.7 Å². The fraction of sp³-hybridized carbons (Fsp3) is 0.294. The van der Waals surface area contributed by atoms with Crippen LogP contribution in [0.15, 0.2) is 6.07 Å². The van der Waals surface area contributed by atoms with Crippen LogP contribution in [0.25, 0.3) is 10.8 Å². The van der Waals surface area contributed by atoms with Gasteiger partial charge >= 0.3 is 11.9 Å². The molecule has 0 spiro atoms. The number of ether oxygens (including phenoxy) is 5. The van der Waals surface area contributed by atoms with E-state index in [1.54, 1.807) is 0 Å². The summed E-state index contributed by atoms with van der Waals surface area (Å²) in [6.45, 7) is 0. The second-order valence-corrected chi connectivity index (χ2v) is 4.99. The molecule has 0 radical (unpaired) electrons. The lowest BCUT2D eigenvalue weighted by Crippen LogP contribution is -2.13. The summed E-state index contributed by atoms with van der Waals surface area (Å²) in [7, 11) is 6.13. The van der Waals surface area contributed by atoms with Crippen molar-refractivity contribution >= 4 is 22.7 Å². The zero-order valence-corrected chi connectivity index (χ0v) is 14.8. The minimum atomic E-state index is -1.05. The molecule has 0 unspecified atom stereocenters. The molecule has 2 N–H and O–H groups in total. The van der Waals surface area contributed by atoms with Crippen LogP contribution < -0.4 is 14.2 Å². The second kappa shape index (κ2) is 7.26. The van der Waals surface area contributed by atoms with E-state index in [4.69, 9.17) is 14.2 Å². The first kappa shape index (κ1) is 19.0. The van der Waals surface area contributed by atoms with Crippen LogP contribution in [-0.2, 0) is 9.47 Å². The molecule has 26 heavy (non-hydrogen) atoms. The molecule has 0 fully saturated rings. The van der Waals surface area contributed by atoms with E-state index in [2.05, 4.69) is 9.47 Å². The van der Waals surface area contributed by atoms with Crippen LogP contribution in [0.3, 0.4) is 0 Å².